The van der Waals surface area contributed by atoms with E-state index in [1.807, 2.05) is 6.92 Å². The Morgan fingerprint density at radius 3 is 2.83 bits per heavy atom. The number of aromatic amines is 1. The number of nitrogens with one attached hydrogen (secondary N) is 2. The number of nitrogens with two attached hydrogens (primary N) is 1. The number of carbonyl (C=O) groups is 1. The van der Waals surface area contributed by atoms with Gasteiger partial charge in [0.2, 0.25) is 5.91 Å². The van der Waals surface area contributed by atoms with Crippen LogP contribution in [0.2, 0.25) is 0 Å². The van der Waals surface area contributed by atoms with Gasteiger partial charge in [0, 0.05) is 18.3 Å². The first-order valence-corrected chi connectivity index (χ1v) is 6.70. The molecule has 1 atom stereocenters. The summed E-state index contributed by atoms with van der Waals surface area (Å²) in [7, 11) is 0. The molecule has 1 saturated carbocycles. The van der Waals surface area contributed by atoms with Crippen molar-refractivity contribution in [3.8, 4) is 0 Å². The van der Waals surface area contributed by atoms with Crippen molar-refractivity contribution in [3.05, 3.63) is 18.2 Å². The molecule has 0 spiro atoms. The standard InChI is InChI=1S/C13H22N4O/c1-9(12-15-6-7-16-12)17-13(18)11-4-2-10(8-14)3-5-11/h6-7,9-11H,2-5,8,14H2,1H3,(H,15,16)(H,17,18). The molecule has 0 bridgehead atoms. The zero-order valence-corrected chi connectivity index (χ0v) is 10.9. The van der Waals surface area contributed by atoms with E-state index >= 15 is 0 Å². The van der Waals surface area contributed by atoms with E-state index in [2.05, 4.69) is 15.3 Å². The number of nitrogens with zero attached hydrogens (tertiary/aromatic N) is 1. The molecule has 1 amide bonds. The van der Waals surface area contributed by atoms with Crippen LogP contribution in [0.5, 0.6) is 0 Å². The molecular weight excluding hydrogens is 228 g/mol. The third-order valence-electron chi connectivity index (χ3n) is 3.84. The van der Waals surface area contributed by atoms with Crippen LogP contribution >= 0.6 is 0 Å². The maximum absolute atomic E-state index is 12.1. The summed E-state index contributed by atoms with van der Waals surface area (Å²) in [6.45, 7) is 2.69. The van der Waals surface area contributed by atoms with Crippen LogP contribution in [0.15, 0.2) is 12.4 Å². The Balaban J connectivity index is 1.82. The molecule has 0 aliphatic heterocycles. The molecule has 1 aliphatic rings. The lowest BCUT2D eigenvalue weighted by atomic mass is 9.81. The van der Waals surface area contributed by atoms with E-state index in [4.69, 9.17) is 5.73 Å². The van der Waals surface area contributed by atoms with Crippen LogP contribution in [0, 0.1) is 11.8 Å². The van der Waals surface area contributed by atoms with Crippen LogP contribution in [0.1, 0.15) is 44.5 Å². The number of aromatic nitrogens is 2. The molecule has 1 aromatic rings. The van der Waals surface area contributed by atoms with Crippen LogP contribution in [0.4, 0.5) is 0 Å². The molecule has 1 heterocycles. The smallest absolute Gasteiger partial charge is 0.223 e. The Bertz CT molecular complexity index is 368. The summed E-state index contributed by atoms with van der Waals surface area (Å²) in [5.74, 6) is 1.70. The quantitative estimate of drug-likeness (QED) is 0.754. The van der Waals surface area contributed by atoms with Gasteiger partial charge >= 0.3 is 0 Å². The van der Waals surface area contributed by atoms with Gasteiger partial charge in [-0.15, -0.1) is 0 Å². The van der Waals surface area contributed by atoms with Crippen molar-refractivity contribution in [2.24, 2.45) is 17.6 Å². The highest BCUT2D eigenvalue weighted by Gasteiger charge is 2.26. The second-order valence-corrected chi connectivity index (χ2v) is 5.16. The lowest BCUT2D eigenvalue weighted by Gasteiger charge is -2.27. The molecule has 1 aromatic heterocycles. The fraction of sp³-hybridized carbons (Fsp3) is 0.692. The van der Waals surface area contributed by atoms with Gasteiger partial charge in [-0.1, -0.05) is 0 Å². The number of hydrogen-bond donors (Lipinski definition) is 3. The highest BCUT2D eigenvalue weighted by molar-refractivity contribution is 5.79. The summed E-state index contributed by atoms with van der Waals surface area (Å²) in [5, 5.41) is 3.02. The molecule has 0 saturated heterocycles. The molecule has 5 heteroatoms. The fourth-order valence-corrected chi connectivity index (χ4v) is 2.57. The van der Waals surface area contributed by atoms with Crippen LogP contribution in [0.25, 0.3) is 0 Å². The molecule has 0 radical (unpaired) electrons. The van der Waals surface area contributed by atoms with E-state index in [-0.39, 0.29) is 17.9 Å². The van der Waals surface area contributed by atoms with Crippen molar-refractivity contribution in [2.45, 2.75) is 38.6 Å². The van der Waals surface area contributed by atoms with Crippen molar-refractivity contribution in [3.63, 3.8) is 0 Å². The van der Waals surface area contributed by atoms with Gasteiger partial charge in [-0.25, -0.2) is 4.98 Å². The summed E-state index contributed by atoms with van der Waals surface area (Å²) >= 11 is 0. The van der Waals surface area contributed by atoms with Gasteiger partial charge in [0.1, 0.15) is 5.82 Å². The van der Waals surface area contributed by atoms with Gasteiger partial charge in [-0.2, -0.15) is 0 Å². The average Bonchev–Trinajstić information content (AvgIpc) is 2.92. The lowest BCUT2D eigenvalue weighted by molar-refractivity contribution is -0.126. The number of amides is 1. The fourth-order valence-electron chi connectivity index (χ4n) is 2.57. The van der Waals surface area contributed by atoms with E-state index < -0.39 is 0 Å². The van der Waals surface area contributed by atoms with Gasteiger partial charge in [-0.05, 0) is 45.1 Å². The number of H-pyrrole nitrogens is 1. The zero-order valence-electron chi connectivity index (χ0n) is 10.9. The van der Waals surface area contributed by atoms with Gasteiger partial charge in [0.05, 0.1) is 6.04 Å². The van der Waals surface area contributed by atoms with Crippen molar-refractivity contribution in [1.29, 1.82) is 0 Å². The summed E-state index contributed by atoms with van der Waals surface area (Å²) in [6, 6.07) is -0.0558. The van der Waals surface area contributed by atoms with Gasteiger partial charge in [-0.3, -0.25) is 4.79 Å². The molecule has 18 heavy (non-hydrogen) atoms. The monoisotopic (exact) mass is 250 g/mol. The van der Waals surface area contributed by atoms with E-state index in [0.717, 1.165) is 38.1 Å². The normalized spacial score (nSPS) is 25.7. The average molecular weight is 250 g/mol. The molecule has 2 rings (SSSR count). The zero-order chi connectivity index (χ0) is 13.0. The van der Waals surface area contributed by atoms with E-state index in [1.54, 1.807) is 12.4 Å². The number of carbonyl (C=O) groups excluding carboxylic acids is 1. The second-order valence-electron chi connectivity index (χ2n) is 5.16. The largest absolute Gasteiger partial charge is 0.347 e. The van der Waals surface area contributed by atoms with Crippen LogP contribution in [0.3, 0.4) is 0 Å². The van der Waals surface area contributed by atoms with Crippen LogP contribution in [-0.2, 0) is 4.79 Å². The first-order chi connectivity index (χ1) is 8.70. The van der Waals surface area contributed by atoms with Crippen molar-refractivity contribution >= 4 is 5.91 Å². The molecular formula is C13H22N4O. The topological polar surface area (TPSA) is 83.8 Å². The lowest BCUT2D eigenvalue weighted by Crippen LogP contribution is -2.36. The van der Waals surface area contributed by atoms with E-state index in [9.17, 15) is 4.79 Å². The summed E-state index contributed by atoms with van der Waals surface area (Å²) in [4.78, 5) is 19.3. The third kappa shape index (κ3) is 3.10. The maximum Gasteiger partial charge on any atom is 0.223 e. The molecule has 5 nitrogen and oxygen atoms in total. The summed E-state index contributed by atoms with van der Waals surface area (Å²) in [5.41, 5.74) is 5.66. The summed E-state index contributed by atoms with van der Waals surface area (Å²) in [6.07, 6.45) is 7.53. The number of imidazole rings is 1. The SMILES string of the molecule is CC(NC(=O)C1CCC(CN)CC1)c1ncc[nH]1. The minimum atomic E-state index is -0.0558. The molecule has 0 aromatic carbocycles. The number of rotatable bonds is 4. The van der Waals surface area contributed by atoms with E-state index in [0.29, 0.717) is 5.92 Å². The Labute approximate surface area is 108 Å². The van der Waals surface area contributed by atoms with Crippen molar-refractivity contribution in [2.75, 3.05) is 6.54 Å². The minimum Gasteiger partial charge on any atom is -0.347 e. The highest BCUT2D eigenvalue weighted by Crippen LogP contribution is 2.28. The van der Waals surface area contributed by atoms with Gasteiger partial charge in [0.15, 0.2) is 0 Å². The first kappa shape index (κ1) is 13.1. The van der Waals surface area contributed by atoms with Crippen molar-refractivity contribution in [1.82, 2.24) is 15.3 Å². The maximum atomic E-state index is 12.1. The van der Waals surface area contributed by atoms with Crippen LogP contribution < -0.4 is 11.1 Å². The molecule has 100 valence electrons. The minimum absolute atomic E-state index is 0.0558. The predicted molar refractivity (Wildman–Crippen MR) is 69.6 cm³/mol. The Morgan fingerprint density at radius 1 is 1.56 bits per heavy atom. The molecule has 4 N–H and O–H groups in total. The van der Waals surface area contributed by atoms with E-state index in [1.165, 1.54) is 0 Å². The third-order valence-corrected chi connectivity index (χ3v) is 3.84. The predicted octanol–water partition coefficient (Wildman–Crippen LogP) is 1.35. The summed E-state index contributed by atoms with van der Waals surface area (Å²) < 4.78 is 0. The Hall–Kier alpha value is -1.36. The Kier molecular flexibility index (Phi) is 4.36. The van der Waals surface area contributed by atoms with Crippen molar-refractivity contribution < 1.29 is 4.79 Å². The molecule has 1 fully saturated rings. The molecule has 1 unspecified atom stereocenters. The Morgan fingerprint density at radius 2 is 2.28 bits per heavy atom. The first-order valence-electron chi connectivity index (χ1n) is 6.70. The number of hydrogen-bond acceptors (Lipinski definition) is 3. The molecule has 1 aliphatic carbocycles. The van der Waals surface area contributed by atoms with Crippen LogP contribution in [-0.4, -0.2) is 22.4 Å². The highest BCUT2D eigenvalue weighted by atomic mass is 16.1. The van der Waals surface area contributed by atoms with Gasteiger partial charge < -0.3 is 16.0 Å². The second kappa shape index (κ2) is 6.00. The van der Waals surface area contributed by atoms with Gasteiger partial charge in [0.25, 0.3) is 0 Å².